The summed E-state index contributed by atoms with van der Waals surface area (Å²) in [5.41, 5.74) is 9.37. The molecule has 9 N–H and O–H groups in total. The number of rotatable bonds is 37. The van der Waals surface area contributed by atoms with E-state index in [0.717, 1.165) is 33.6 Å². The fourth-order valence-corrected chi connectivity index (χ4v) is 11.4. The number of halogens is 1. The van der Waals surface area contributed by atoms with Crippen molar-refractivity contribution in [2.24, 2.45) is 11.7 Å². The maximum Gasteiger partial charge on any atom is 0.415 e. The van der Waals surface area contributed by atoms with Crippen LogP contribution in [0.4, 0.5) is 36.4 Å². The molecule has 11 amide bonds. The van der Waals surface area contributed by atoms with Gasteiger partial charge in [0.2, 0.25) is 11.8 Å². The number of alkyl carbamates (subject to hydrolysis) is 1. The van der Waals surface area contributed by atoms with Crippen molar-refractivity contribution in [2.45, 2.75) is 84.6 Å². The number of likely N-dealkylation sites (N-methyl/N-ethyl adjacent to an activating group) is 1. The van der Waals surface area contributed by atoms with Gasteiger partial charge in [0.05, 0.1) is 69.7 Å². The molecule has 30 nitrogen and oxygen atoms in total. The minimum Gasteiger partial charge on any atom is -0.491 e. The van der Waals surface area contributed by atoms with Gasteiger partial charge in [-0.15, -0.1) is 11.6 Å². The van der Waals surface area contributed by atoms with Gasteiger partial charge in [-0.25, -0.2) is 24.2 Å². The number of aliphatic hydroxyl groups is 1. The molecule has 0 saturated carbocycles. The van der Waals surface area contributed by atoms with Crippen LogP contribution < -0.4 is 46.7 Å². The summed E-state index contributed by atoms with van der Waals surface area (Å²) in [5, 5.41) is 24.7. The van der Waals surface area contributed by atoms with E-state index in [2.05, 4.69) is 36.6 Å². The molecule has 2 aliphatic rings. The average Bonchev–Trinajstić information content (AvgIpc) is 1.54. The van der Waals surface area contributed by atoms with Crippen molar-refractivity contribution in [2.75, 3.05) is 121 Å². The summed E-state index contributed by atoms with van der Waals surface area (Å²) in [6.07, 6.45) is 2.27. The lowest BCUT2D eigenvalue weighted by Gasteiger charge is -2.26. The standard InChI is InChI=1S/C71H87ClN12O18/c1-7-96-30-23-45(5)101-51-19-15-47(16-20-51)64(88)79-58-37-48-36-54(77-55(48)40-75-58)67(91)84-41-49(39-72)62-56(84)38-57(52-11-8-10-44(4)61(52)62)102-71(95)82(27-31-97-33-29-85)26-25-81(6)70(94)100-42-46-13-17-50(18-14-46)76-65(89)53(12-9-24-74-68(73)92)78-66(90)63(43(2)3)80-69(93)99-35-34-98-32-28-83-59(86)21-22-60(83)87/h8,10-11,13-22,36-38,40,43,45,49,53,63,77,85H,7,9,12,23-35,39,41-42H2,1-6H3,(H,76,89)(H,78,90)(H,80,93)(H3,73,74,92)(H,75,79,88)/t45?,49-,53+,63+/m1/s1. The van der Waals surface area contributed by atoms with Crippen LogP contribution in [0, 0.1) is 12.8 Å². The average molecular weight is 1430 g/mol. The van der Waals surface area contributed by atoms with Gasteiger partial charge >= 0.3 is 24.3 Å². The van der Waals surface area contributed by atoms with Crippen molar-refractivity contribution >= 4 is 110 Å². The molecule has 2 aromatic heterocycles. The number of hydrogen-bond acceptors (Lipinski definition) is 19. The minimum atomic E-state index is -1.16. The third-order valence-corrected chi connectivity index (χ3v) is 17.0. The lowest BCUT2D eigenvalue weighted by Crippen LogP contribution is -2.54. The van der Waals surface area contributed by atoms with Crippen molar-refractivity contribution in [3.05, 3.63) is 131 Å². The number of aryl methyl sites for hydroxylation is 1. The van der Waals surface area contributed by atoms with E-state index in [1.54, 1.807) is 85.5 Å². The lowest BCUT2D eigenvalue weighted by atomic mass is 9.92. The fourth-order valence-electron chi connectivity index (χ4n) is 11.2. The molecule has 31 heteroatoms. The predicted molar refractivity (Wildman–Crippen MR) is 377 cm³/mol. The number of imide groups is 1. The number of nitrogens with two attached hydrogens (primary N) is 1. The Morgan fingerprint density at radius 2 is 1.55 bits per heavy atom. The van der Waals surface area contributed by atoms with Gasteiger partial charge in [-0.3, -0.25) is 33.7 Å². The van der Waals surface area contributed by atoms with Gasteiger partial charge in [-0.1, -0.05) is 44.2 Å². The van der Waals surface area contributed by atoms with Gasteiger partial charge < -0.3 is 90.3 Å². The summed E-state index contributed by atoms with van der Waals surface area (Å²) in [7, 11) is 1.49. The molecular formula is C71H87ClN12O18. The number of aromatic amines is 1. The van der Waals surface area contributed by atoms with E-state index in [0.29, 0.717) is 64.2 Å². The second-order valence-electron chi connectivity index (χ2n) is 24.4. The number of alkyl halides is 1. The highest BCUT2D eigenvalue weighted by Crippen LogP contribution is 2.47. The number of aromatic nitrogens is 2. The number of carbonyl (C=O) groups excluding carboxylic acids is 10. The summed E-state index contributed by atoms with van der Waals surface area (Å²) < 4.78 is 39.4. The molecule has 0 saturated heterocycles. The van der Waals surface area contributed by atoms with Crippen molar-refractivity contribution in [1.29, 1.82) is 0 Å². The Kier molecular flexibility index (Phi) is 28.7. The van der Waals surface area contributed by atoms with Crippen LogP contribution in [0.3, 0.4) is 0 Å². The second kappa shape index (κ2) is 37.9. The number of benzene rings is 4. The van der Waals surface area contributed by atoms with Crippen LogP contribution in [0.5, 0.6) is 11.5 Å². The maximum absolute atomic E-state index is 14.8. The van der Waals surface area contributed by atoms with Crippen LogP contribution >= 0.6 is 11.6 Å². The number of urea groups is 1. The van der Waals surface area contributed by atoms with Crippen LogP contribution in [-0.2, 0) is 49.5 Å². The zero-order valence-electron chi connectivity index (χ0n) is 57.7. The van der Waals surface area contributed by atoms with Gasteiger partial charge in [0.25, 0.3) is 23.6 Å². The molecule has 0 spiro atoms. The summed E-state index contributed by atoms with van der Waals surface area (Å²) in [6.45, 7) is 9.86. The van der Waals surface area contributed by atoms with Crippen molar-refractivity contribution in [3.8, 4) is 11.5 Å². The van der Waals surface area contributed by atoms with E-state index in [-0.39, 0.29) is 134 Å². The molecule has 6 aromatic rings. The molecule has 4 heterocycles. The fraction of sp³-hybridized carbons (Fsp3) is 0.423. The molecule has 102 heavy (non-hydrogen) atoms. The van der Waals surface area contributed by atoms with E-state index in [4.69, 9.17) is 50.5 Å². The van der Waals surface area contributed by atoms with E-state index in [1.165, 1.54) is 23.0 Å². The van der Waals surface area contributed by atoms with Crippen LogP contribution in [0.25, 0.3) is 21.7 Å². The number of hydrogen-bond donors (Lipinski definition) is 8. The highest BCUT2D eigenvalue weighted by atomic mass is 35.5. The normalized spacial score (nSPS) is 14.1. The number of anilines is 3. The Morgan fingerprint density at radius 1 is 0.804 bits per heavy atom. The number of nitrogens with zero attached hydrogens (tertiary/aromatic N) is 5. The van der Waals surface area contributed by atoms with Crippen LogP contribution in [0.1, 0.15) is 90.4 Å². The first-order valence-electron chi connectivity index (χ1n) is 33.5. The first kappa shape index (κ1) is 77.3. The largest absolute Gasteiger partial charge is 0.491 e. The van der Waals surface area contributed by atoms with Gasteiger partial charge in [0, 0.05) is 105 Å². The van der Waals surface area contributed by atoms with Gasteiger partial charge in [-0.05, 0) is 110 Å². The Balaban J connectivity index is 0.867. The number of fused-ring (bicyclic) bond motifs is 4. The van der Waals surface area contributed by atoms with Gasteiger partial charge in [0.1, 0.15) is 48.3 Å². The topological polar surface area (TPSA) is 383 Å². The van der Waals surface area contributed by atoms with Gasteiger partial charge in [0.15, 0.2) is 0 Å². The maximum atomic E-state index is 14.8. The number of nitrogens with one attached hydrogen (secondary N) is 6. The monoisotopic (exact) mass is 1430 g/mol. The highest BCUT2D eigenvalue weighted by Gasteiger charge is 2.37. The number of carbonyl (C=O) groups is 10. The number of ether oxygens (including phenoxy) is 7. The molecule has 2 aliphatic heterocycles. The Bertz CT molecular complexity index is 3970. The third-order valence-electron chi connectivity index (χ3n) is 16.6. The molecular weight excluding hydrogens is 1340 g/mol. The summed E-state index contributed by atoms with van der Waals surface area (Å²) in [5.74, 6) is -2.61. The van der Waals surface area contributed by atoms with E-state index < -0.39 is 77.8 Å². The molecule has 546 valence electrons. The molecule has 8 rings (SSSR count). The number of primary amides is 1. The van der Waals surface area contributed by atoms with Crippen LogP contribution in [0.15, 0.2) is 103 Å². The Labute approximate surface area is 594 Å². The zero-order chi connectivity index (χ0) is 73.4. The summed E-state index contributed by atoms with van der Waals surface area (Å²) in [4.78, 5) is 144. The molecule has 0 bridgehead atoms. The van der Waals surface area contributed by atoms with Crippen molar-refractivity contribution in [1.82, 2.24) is 40.6 Å². The van der Waals surface area contributed by atoms with Gasteiger partial charge in [-0.2, -0.15) is 0 Å². The smallest absolute Gasteiger partial charge is 0.415 e. The van der Waals surface area contributed by atoms with Crippen LogP contribution in [-0.4, -0.2) is 213 Å². The molecule has 0 radical (unpaired) electrons. The molecule has 0 fully saturated rings. The molecule has 4 aromatic carbocycles. The Hall–Kier alpha value is -10.4. The number of pyridine rings is 1. The number of aliphatic hydroxyl groups excluding tert-OH is 1. The third kappa shape index (κ3) is 21.6. The van der Waals surface area contributed by atoms with E-state index in [9.17, 15) is 53.1 Å². The molecule has 0 aliphatic carbocycles. The lowest BCUT2D eigenvalue weighted by molar-refractivity contribution is -0.137. The summed E-state index contributed by atoms with van der Waals surface area (Å²) in [6, 6.07) is 20.6. The first-order valence-corrected chi connectivity index (χ1v) is 34.0. The van der Waals surface area contributed by atoms with Crippen LogP contribution in [0.2, 0.25) is 0 Å². The highest BCUT2D eigenvalue weighted by molar-refractivity contribution is 6.20. The zero-order valence-corrected chi connectivity index (χ0v) is 58.5. The van der Waals surface area contributed by atoms with E-state index in [1.807, 2.05) is 39.0 Å². The number of amides is 11. The van der Waals surface area contributed by atoms with Crippen molar-refractivity contribution < 1.29 is 86.2 Å². The Morgan fingerprint density at radius 3 is 2.25 bits per heavy atom. The van der Waals surface area contributed by atoms with E-state index >= 15 is 0 Å². The quantitative estimate of drug-likeness (QED) is 0.0109. The predicted octanol–water partition coefficient (Wildman–Crippen LogP) is 7.10. The second-order valence-corrected chi connectivity index (χ2v) is 24.7. The molecule has 4 atom stereocenters. The van der Waals surface area contributed by atoms with Crippen molar-refractivity contribution in [3.63, 3.8) is 0 Å². The summed E-state index contributed by atoms with van der Waals surface area (Å²) >= 11 is 6.69. The molecule has 1 unspecified atom stereocenters. The first-order chi connectivity index (χ1) is 49.0. The minimum absolute atomic E-state index is 0.00133. The SMILES string of the molecule is CCOCCC(C)Oc1ccc(C(=O)Nc2cc3cc(C(=O)N4C[C@@H](CCl)c5c4cc(OC(=O)N(CCOCCO)CCN(C)C(=O)OCc4ccc(NC(=O)[C@H](CCCNC(N)=O)NC(=O)[C@@H](NC(=O)OCCOCCN6C(=O)C=CC6=O)C(C)C)cc4)c4cccc(C)c54)[nH]c3cn2)cc1. The number of H-pyrrole nitrogens is 1.